The predicted octanol–water partition coefficient (Wildman–Crippen LogP) is 3.73. The van der Waals surface area contributed by atoms with E-state index in [1.165, 1.54) is 12.1 Å². The summed E-state index contributed by atoms with van der Waals surface area (Å²) in [5.74, 6) is -0.259. The SMILES string of the molecule is Nc1ccc(-c2ccc(F)cc2)c(Cl)c1. The quantitative estimate of drug-likeness (QED) is 0.730. The summed E-state index contributed by atoms with van der Waals surface area (Å²) in [5, 5.41) is 0.571. The predicted molar refractivity (Wildman–Crippen MR) is 61.3 cm³/mol. The second-order valence-electron chi connectivity index (χ2n) is 3.25. The molecule has 0 unspecified atom stereocenters. The van der Waals surface area contributed by atoms with Gasteiger partial charge in [-0.25, -0.2) is 4.39 Å². The van der Waals surface area contributed by atoms with Gasteiger partial charge in [0.1, 0.15) is 5.82 Å². The number of nitrogen functional groups attached to an aromatic ring is 1. The highest BCUT2D eigenvalue weighted by Gasteiger charge is 2.03. The monoisotopic (exact) mass is 221 g/mol. The number of hydrogen-bond donors (Lipinski definition) is 1. The summed E-state index contributed by atoms with van der Waals surface area (Å²) in [6.45, 7) is 0. The lowest BCUT2D eigenvalue weighted by Gasteiger charge is -2.05. The van der Waals surface area contributed by atoms with E-state index in [0.29, 0.717) is 10.7 Å². The Bertz CT molecular complexity index is 479. The molecular weight excluding hydrogens is 213 g/mol. The first kappa shape index (κ1) is 9.99. The second-order valence-corrected chi connectivity index (χ2v) is 3.65. The highest BCUT2D eigenvalue weighted by atomic mass is 35.5. The third kappa shape index (κ3) is 2.10. The fourth-order valence-corrected chi connectivity index (χ4v) is 1.69. The third-order valence-corrected chi connectivity index (χ3v) is 2.46. The molecule has 0 radical (unpaired) electrons. The van der Waals surface area contributed by atoms with Crippen LogP contribution in [-0.2, 0) is 0 Å². The van der Waals surface area contributed by atoms with Crippen molar-refractivity contribution < 1.29 is 4.39 Å². The van der Waals surface area contributed by atoms with E-state index in [0.717, 1.165) is 11.1 Å². The van der Waals surface area contributed by atoms with E-state index < -0.39 is 0 Å². The van der Waals surface area contributed by atoms with Crippen LogP contribution in [0.3, 0.4) is 0 Å². The van der Waals surface area contributed by atoms with Crippen molar-refractivity contribution in [1.29, 1.82) is 0 Å². The van der Waals surface area contributed by atoms with Crippen molar-refractivity contribution >= 4 is 17.3 Å². The normalized spacial score (nSPS) is 10.3. The Morgan fingerprint density at radius 2 is 1.67 bits per heavy atom. The molecule has 2 N–H and O–H groups in total. The summed E-state index contributed by atoms with van der Waals surface area (Å²) in [6.07, 6.45) is 0. The van der Waals surface area contributed by atoms with Crippen molar-refractivity contribution in [3.8, 4) is 11.1 Å². The molecule has 0 amide bonds. The summed E-state index contributed by atoms with van der Waals surface area (Å²) < 4.78 is 12.7. The van der Waals surface area contributed by atoms with Crippen LogP contribution >= 0.6 is 11.6 Å². The molecule has 0 saturated heterocycles. The van der Waals surface area contributed by atoms with Crippen LogP contribution in [0.2, 0.25) is 5.02 Å². The number of anilines is 1. The van der Waals surface area contributed by atoms with E-state index in [1.807, 2.05) is 6.07 Å². The Hall–Kier alpha value is -1.54. The second kappa shape index (κ2) is 3.91. The number of rotatable bonds is 1. The Balaban J connectivity index is 2.49. The van der Waals surface area contributed by atoms with Crippen LogP contribution in [0.4, 0.5) is 10.1 Å². The van der Waals surface area contributed by atoms with E-state index in [9.17, 15) is 4.39 Å². The van der Waals surface area contributed by atoms with Crippen LogP contribution in [0.1, 0.15) is 0 Å². The molecule has 0 fully saturated rings. The molecule has 0 aliphatic carbocycles. The molecule has 2 aromatic carbocycles. The van der Waals surface area contributed by atoms with Gasteiger partial charge in [0.25, 0.3) is 0 Å². The molecule has 3 heteroatoms. The molecule has 0 atom stereocenters. The Labute approximate surface area is 92.3 Å². The maximum atomic E-state index is 12.7. The van der Waals surface area contributed by atoms with Crippen molar-refractivity contribution in [2.45, 2.75) is 0 Å². The van der Waals surface area contributed by atoms with Gasteiger partial charge in [0.15, 0.2) is 0 Å². The van der Waals surface area contributed by atoms with Crippen molar-refractivity contribution in [3.05, 3.63) is 53.3 Å². The van der Waals surface area contributed by atoms with E-state index in [4.69, 9.17) is 17.3 Å². The molecule has 76 valence electrons. The first-order valence-corrected chi connectivity index (χ1v) is 4.85. The zero-order valence-electron chi connectivity index (χ0n) is 7.87. The highest BCUT2D eigenvalue weighted by Crippen LogP contribution is 2.29. The third-order valence-electron chi connectivity index (χ3n) is 2.15. The van der Waals surface area contributed by atoms with Gasteiger partial charge < -0.3 is 5.73 Å². The lowest BCUT2D eigenvalue weighted by Crippen LogP contribution is -1.86. The van der Waals surface area contributed by atoms with Gasteiger partial charge >= 0.3 is 0 Å². The molecule has 15 heavy (non-hydrogen) atoms. The molecule has 0 saturated carbocycles. The lowest BCUT2D eigenvalue weighted by molar-refractivity contribution is 0.628. The maximum absolute atomic E-state index is 12.7. The standard InChI is InChI=1S/C12H9ClFN/c13-12-7-10(15)5-6-11(12)8-1-3-9(14)4-2-8/h1-7H,15H2. The molecule has 0 aromatic heterocycles. The smallest absolute Gasteiger partial charge is 0.123 e. The Morgan fingerprint density at radius 1 is 1.00 bits per heavy atom. The molecule has 1 nitrogen and oxygen atoms in total. The van der Waals surface area contributed by atoms with Gasteiger partial charge in [-0.2, -0.15) is 0 Å². The zero-order chi connectivity index (χ0) is 10.8. The fourth-order valence-electron chi connectivity index (χ4n) is 1.39. The first-order chi connectivity index (χ1) is 7.16. The van der Waals surface area contributed by atoms with Crippen LogP contribution in [0.5, 0.6) is 0 Å². The van der Waals surface area contributed by atoms with Crippen molar-refractivity contribution in [1.82, 2.24) is 0 Å². The van der Waals surface area contributed by atoms with Gasteiger partial charge in [-0.1, -0.05) is 29.8 Å². The molecular formula is C12H9ClFN. The van der Waals surface area contributed by atoms with Gasteiger partial charge in [0.05, 0.1) is 5.02 Å². The van der Waals surface area contributed by atoms with E-state index in [1.54, 1.807) is 24.3 Å². The largest absolute Gasteiger partial charge is 0.399 e. The van der Waals surface area contributed by atoms with Crippen LogP contribution < -0.4 is 5.73 Å². The van der Waals surface area contributed by atoms with Crippen molar-refractivity contribution in [2.75, 3.05) is 5.73 Å². The average Bonchev–Trinajstić information content (AvgIpc) is 2.20. The van der Waals surface area contributed by atoms with Gasteiger partial charge in [-0.05, 0) is 29.8 Å². The van der Waals surface area contributed by atoms with Crippen LogP contribution in [0.25, 0.3) is 11.1 Å². The minimum absolute atomic E-state index is 0.259. The number of halogens is 2. The van der Waals surface area contributed by atoms with Crippen LogP contribution in [0.15, 0.2) is 42.5 Å². The van der Waals surface area contributed by atoms with Crippen LogP contribution in [0, 0.1) is 5.82 Å². The molecule has 0 bridgehead atoms. The van der Waals surface area contributed by atoms with Gasteiger partial charge in [0, 0.05) is 11.3 Å². The fraction of sp³-hybridized carbons (Fsp3) is 0. The molecule has 2 rings (SSSR count). The van der Waals surface area contributed by atoms with Crippen LogP contribution in [-0.4, -0.2) is 0 Å². The lowest BCUT2D eigenvalue weighted by atomic mass is 10.1. The summed E-state index contributed by atoms with van der Waals surface area (Å²) in [7, 11) is 0. The minimum atomic E-state index is -0.259. The summed E-state index contributed by atoms with van der Waals surface area (Å²) in [4.78, 5) is 0. The van der Waals surface area contributed by atoms with Gasteiger partial charge in [-0.3, -0.25) is 0 Å². The topological polar surface area (TPSA) is 26.0 Å². The minimum Gasteiger partial charge on any atom is -0.399 e. The highest BCUT2D eigenvalue weighted by molar-refractivity contribution is 6.33. The molecule has 0 heterocycles. The van der Waals surface area contributed by atoms with Gasteiger partial charge in [-0.15, -0.1) is 0 Å². The van der Waals surface area contributed by atoms with E-state index in [-0.39, 0.29) is 5.82 Å². The number of hydrogen-bond acceptors (Lipinski definition) is 1. The summed E-state index contributed by atoms with van der Waals surface area (Å²) >= 11 is 6.03. The number of benzene rings is 2. The number of nitrogens with two attached hydrogens (primary N) is 1. The van der Waals surface area contributed by atoms with E-state index >= 15 is 0 Å². The van der Waals surface area contributed by atoms with Gasteiger partial charge in [0.2, 0.25) is 0 Å². The Kier molecular flexibility index (Phi) is 2.60. The van der Waals surface area contributed by atoms with Crippen molar-refractivity contribution in [2.24, 2.45) is 0 Å². The van der Waals surface area contributed by atoms with Crippen molar-refractivity contribution in [3.63, 3.8) is 0 Å². The molecule has 0 spiro atoms. The summed E-state index contributed by atoms with van der Waals surface area (Å²) in [6, 6.07) is 11.5. The molecule has 0 aliphatic heterocycles. The first-order valence-electron chi connectivity index (χ1n) is 4.48. The zero-order valence-corrected chi connectivity index (χ0v) is 8.63. The molecule has 0 aliphatic rings. The van der Waals surface area contributed by atoms with E-state index in [2.05, 4.69) is 0 Å². The summed E-state index contributed by atoms with van der Waals surface area (Å²) in [5.41, 5.74) is 7.93. The Morgan fingerprint density at radius 3 is 2.27 bits per heavy atom. The maximum Gasteiger partial charge on any atom is 0.123 e. The molecule has 2 aromatic rings. The average molecular weight is 222 g/mol.